The van der Waals surface area contributed by atoms with E-state index < -0.39 is 42.7 Å². The van der Waals surface area contributed by atoms with Crippen molar-refractivity contribution in [1.29, 1.82) is 0 Å². The van der Waals surface area contributed by atoms with Crippen molar-refractivity contribution in [2.24, 2.45) is 5.41 Å². The first kappa shape index (κ1) is 30.4. The van der Waals surface area contributed by atoms with E-state index in [1.54, 1.807) is 6.92 Å². The number of carbonyl (C=O) groups is 1. The van der Waals surface area contributed by atoms with Crippen LogP contribution in [-0.4, -0.2) is 87.4 Å². The molecule has 9 heteroatoms. The van der Waals surface area contributed by atoms with Crippen LogP contribution in [0.5, 0.6) is 0 Å². The zero-order valence-electron chi connectivity index (χ0n) is 21.3. The lowest BCUT2D eigenvalue weighted by molar-refractivity contribution is -0.217. The first-order valence-corrected chi connectivity index (χ1v) is 13.5. The van der Waals surface area contributed by atoms with Crippen molar-refractivity contribution >= 4 is 5.91 Å². The number of ether oxygens (including phenoxy) is 1. The minimum absolute atomic E-state index is 0.144. The summed E-state index contributed by atoms with van der Waals surface area (Å²) in [7, 11) is 0. The molecule has 0 radical (unpaired) electrons. The van der Waals surface area contributed by atoms with Gasteiger partial charge in [0.2, 0.25) is 5.91 Å². The summed E-state index contributed by atoms with van der Waals surface area (Å²) >= 11 is 0. The maximum atomic E-state index is 13.5. The summed E-state index contributed by atoms with van der Waals surface area (Å²) in [5.41, 5.74) is -0.411. The van der Waals surface area contributed by atoms with Crippen LogP contribution < -0.4 is 5.32 Å². The molecule has 3 rings (SSSR count). The Kier molecular flexibility index (Phi) is 12.8. The van der Waals surface area contributed by atoms with E-state index in [-0.39, 0.29) is 19.1 Å². The van der Waals surface area contributed by atoms with Crippen LogP contribution in [0.15, 0.2) is 0 Å². The number of hydrogen-bond donors (Lipinski definition) is 6. The average molecular weight is 506 g/mol. The number of alkyl halides is 1. The number of halogens is 1. The Morgan fingerprint density at radius 2 is 1.46 bits per heavy atom. The Balaban J connectivity index is 1.51. The fourth-order valence-corrected chi connectivity index (χ4v) is 5.53. The fraction of sp³-hybridized carbons (Fsp3) is 0.962. The van der Waals surface area contributed by atoms with E-state index in [9.17, 15) is 29.6 Å². The SMILES string of the molecule is CC[C@@H](O)[C@@H](O)[C@H](COC[C@H](O)[C@@H](O)CO)NC(=O)CCCCCCCCCCC12CC(F)(C1)C2. The van der Waals surface area contributed by atoms with Crippen molar-refractivity contribution in [2.45, 2.75) is 133 Å². The van der Waals surface area contributed by atoms with E-state index in [1.165, 1.54) is 32.1 Å². The number of nitrogens with one attached hydrogen (secondary N) is 1. The lowest BCUT2D eigenvalue weighted by Crippen LogP contribution is -2.64. The molecule has 3 saturated carbocycles. The standard InChI is InChI=1S/C26H48FNO7/c1-2-20(30)24(34)19(14-35-15-22(32)21(31)13-29)28-23(33)11-9-7-5-3-4-6-8-10-12-25-16-26(27,17-25)18-25/h19-22,24,29-32,34H,2-18H2,1H3,(H,28,33)/t19-,20+,21-,22-,24-,25?,26?/m0/s1. The molecular weight excluding hydrogens is 457 g/mol. The second-order valence-electron chi connectivity index (χ2n) is 11.0. The minimum atomic E-state index is -1.34. The summed E-state index contributed by atoms with van der Waals surface area (Å²) < 4.78 is 18.8. The topological polar surface area (TPSA) is 139 Å². The Labute approximate surface area is 209 Å². The van der Waals surface area contributed by atoms with Crippen molar-refractivity contribution in [1.82, 2.24) is 5.32 Å². The fourth-order valence-electron chi connectivity index (χ4n) is 5.53. The smallest absolute Gasteiger partial charge is 0.220 e. The molecule has 0 unspecified atom stereocenters. The van der Waals surface area contributed by atoms with Gasteiger partial charge >= 0.3 is 0 Å². The number of unbranched alkanes of at least 4 members (excludes halogenated alkanes) is 7. The summed E-state index contributed by atoms with van der Waals surface area (Å²) in [6.07, 6.45) is 8.04. The predicted octanol–water partition coefficient (Wildman–Crippen LogP) is 2.13. The molecule has 0 aromatic heterocycles. The number of amides is 1. The number of carbonyl (C=O) groups excluding carboxylic acids is 1. The number of aliphatic hydroxyl groups is 5. The highest BCUT2D eigenvalue weighted by Gasteiger charge is 2.68. The summed E-state index contributed by atoms with van der Waals surface area (Å²) in [6, 6.07) is -0.850. The second-order valence-corrected chi connectivity index (χ2v) is 11.0. The van der Waals surface area contributed by atoms with Crippen LogP contribution in [0.25, 0.3) is 0 Å². The average Bonchev–Trinajstić information content (AvgIpc) is 2.80. The maximum absolute atomic E-state index is 13.5. The molecule has 1 amide bonds. The normalized spacial score (nSPS) is 27.3. The summed E-state index contributed by atoms with van der Waals surface area (Å²) in [6.45, 7) is 0.688. The van der Waals surface area contributed by atoms with E-state index >= 15 is 0 Å². The summed E-state index contributed by atoms with van der Waals surface area (Å²) in [5.74, 6) is -0.236. The first-order valence-electron chi connectivity index (χ1n) is 13.5. The molecule has 0 saturated heterocycles. The third kappa shape index (κ3) is 9.85. The molecule has 0 aliphatic heterocycles. The van der Waals surface area contributed by atoms with Gasteiger partial charge in [-0.25, -0.2) is 4.39 Å². The van der Waals surface area contributed by atoms with E-state index in [4.69, 9.17) is 9.84 Å². The Morgan fingerprint density at radius 1 is 0.886 bits per heavy atom. The van der Waals surface area contributed by atoms with E-state index in [1.807, 2.05) is 0 Å². The van der Waals surface area contributed by atoms with Crippen molar-refractivity contribution in [2.75, 3.05) is 19.8 Å². The lowest BCUT2D eigenvalue weighted by atomic mass is 9.41. The lowest BCUT2D eigenvalue weighted by Gasteiger charge is -2.66. The van der Waals surface area contributed by atoms with Crippen LogP contribution in [0.4, 0.5) is 4.39 Å². The van der Waals surface area contributed by atoms with Crippen LogP contribution in [-0.2, 0) is 9.53 Å². The zero-order valence-corrected chi connectivity index (χ0v) is 21.3. The van der Waals surface area contributed by atoms with Gasteiger partial charge in [0.25, 0.3) is 0 Å². The number of hydrogen-bond acceptors (Lipinski definition) is 7. The minimum Gasteiger partial charge on any atom is -0.394 e. The molecule has 0 aromatic carbocycles. The van der Waals surface area contributed by atoms with Crippen LogP contribution >= 0.6 is 0 Å². The van der Waals surface area contributed by atoms with Crippen molar-refractivity contribution in [3.8, 4) is 0 Å². The van der Waals surface area contributed by atoms with E-state index in [0.717, 1.165) is 44.9 Å². The van der Waals surface area contributed by atoms with Crippen molar-refractivity contribution in [3.63, 3.8) is 0 Å². The number of aliphatic hydroxyl groups excluding tert-OH is 5. The van der Waals surface area contributed by atoms with Gasteiger partial charge in [0, 0.05) is 6.42 Å². The Hall–Kier alpha value is -0.840. The van der Waals surface area contributed by atoms with Gasteiger partial charge in [-0.15, -0.1) is 0 Å². The zero-order chi connectivity index (χ0) is 25.9. The van der Waals surface area contributed by atoms with Gasteiger partial charge in [-0.3, -0.25) is 4.79 Å². The molecule has 3 aliphatic rings. The monoisotopic (exact) mass is 505 g/mol. The third-order valence-corrected chi connectivity index (χ3v) is 7.72. The van der Waals surface area contributed by atoms with Crippen molar-refractivity contribution in [3.05, 3.63) is 0 Å². The second kappa shape index (κ2) is 14.8. The molecule has 6 N–H and O–H groups in total. The molecule has 3 fully saturated rings. The largest absolute Gasteiger partial charge is 0.394 e. The van der Waals surface area contributed by atoms with E-state index in [2.05, 4.69) is 5.32 Å². The molecule has 2 bridgehead atoms. The van der Waals surface area contributed by atoms with Gasteiger partial charge in [0.15, 0.2) is 0 Å². The molecular formula is C26H48FNO7. The van der Waals surface area contributed by atoms with Gasteiger partial charge in [-0.05, 0) is 43.9 Å². The highest BCUT2D eigenvalue weighted by Crippen LogP contribution is 2.71. The first-order chi connectivity index (χ1) is 16.6. The van der Waals surface area contributed by atoms with Gasteiger partial charge in [-0.2, -0.15) is 0 Å². The molecule has 0 heterocycles. The third-order valence-electron chi connectivity index (χ3n) is 7.72. The molecule has 3 aliphatic carbocycles. The van der Waals surface area contributed by atoms with Crippen LogP contribution in [0, 0.1) is 5.41 Å². The molecule has 5 atom stereocenters. The van der Waals surface area contributed by atoms with Crippen LogP contribution in [0.1, 0.15) is 96.8 Å². The van der Waals surface area contributed by atoms with Gasteiger partial charge in [0.1, 0.15) is 24.0 Å². The van der Waals surface area contributed by atoms with Crippen LogP contribution in [0.2, 0.25) is 0 Å². The van der Waals surface area contributed by atoms with Gasteiger partial charge in [0.05, 0.1) is 32.0 Å². The molecule has 0 aromatic rings. The highest BCUT2D eigenvalue weighted by atomic mass is 19.1. The molecule has 35 heavy (non-hydrogen) atoms. The molecule has 8 nitrogen and oxygen atoms in total. The van der Waals surface area contributed by atoms with Crippen LogP contribution in [0.3, 0.4) is 0 Å². The quantitative estimate of drug-likeness (QED) is 0.131. The number of rotatable bonds is 21. The van der Waals surface area contributed by atoms with Gasteiger partial charge < -0.3 is 35.6 Å². The summed E-state index contributed by atoms with van der Waals surface area (Å²) in [5, 5.41) is 50.9. The molecule has 206 valence electrons. The summed E-state index contributed by atoms with van der Waals surface area (Å²) in [4.78, 5) is 12.4. The Morgan fingerprint density at radius 3 is 2.00 bits per heavy atom. The van der Waals surface area contributed by atoms with Gasteiger partial charge in [-0.1, -0.05) is 51.9 Å². The predicted molar refractivity (Wildman–Crippen MR) is 130 cm³/mol. The van der Waals surface area contributed by atoms with E-state index in [0.29, 0.717) is 18.3 Å². The highest BCUT2D eigenvalue weighted by molar-refractivity contribution is 5.76. The van der Waals surface area contributed by atoms with Crippen molar-refractivity contribution < 1.29 is 39.5 Å². The Bertz CT molecular complexity index is 603. The maximum Gasteiger partial charge on any atom is 0.220 e. The molecule has 0 spiro atoms.